The normalized spacial score (nSPS) is 19.4. The average Bonchev–Trinajstić information content (AvgIpc) is 2.71. The standard InChI is InChI=1S/C19H28F2N2O2.C2H6/c20-17-12-15(14-4-9-23(10-5-14)8-1-11-24)13-18(21)19(17)25-16-2-6-22-7-3-16;1-2/h12-14,16,22,24H,1-11H2;1-2H3. The largest absolute Gasteiger partial charge is 0.484 e. The molecule has 2 N–H and O–H groups in total. The van der Waals surface area contributed by atoms with E-state index in [4.69, 9.17) is 9.84 Å². The molecular weight excluding hydrogens is 350 g/mol. The molecule has 4 nitrogen and oxygen atoms in total. The number of rotatable bonds is 6. The van der Waals surface area contributed by atoms with E-state index in [0.29, 0.717) is 0 Å². The van der Waals surface area contributed by atoms with Crippen molar-refractivity contribution < 1.29 is 18.6 Å². The Balaban J connectivity index is 0.00000126. The fourth-order valence-corrected chi connectivity index (χ4v) is 3.79. The monoisotopic (exact) mass is 384 g/mol. The first kappa shape index (κ1) is 22.1. The highest BCUT2D eigenvalue weighted by Gasteiger charge is 2.24. The van der Waals surface area contributed by atoms with Crippen LogP contribution in [-0.4, -0.2) is 55.4 Å². The number of aliphatic hydroxyl groups excluding tert-OH is 1. The lowest BCUT2D eigenvalue weighted by Crippen LogP contribution is -2.34. The molecule has 2 heterocycles. The summed E-state index contributed by atoms with van der Waals surface area (Å²) in [7, 11) is 0. The third-order valence-electron chi connectivity index (χ3n) is 5.28. The van der Waals surface area contributed by atoms with Gasteiger partial charge < -0.3 is 20.1 Å². The molecule has 154 valence electrons. The molecule has 6 heteroatoms. The Bertz CT molecular complexity index is 534. The van der Waals surface area contributed by atoms with Crippen LogP contribution in [0.3, 0.4) is 0 Å². The molecule has 2 saturated heterocycles. The van der Waals surface area contributed by atoms with Gasteiger partial charge in [-0.3, -0.25) is 0 Å². The molecule has 27 heavy (non-hydrogen) atoms. The van der Waals surface area contributed by atoms with Crippen LogP contribution < -0.4 is 10.1 Å². The van der Waals surface area contributed by atoms with Crippen molar-refractivity contribution in [3.8, 4) is 5.75 Å². The maximum atomic E-state index is 14.4. The van der Waals surface area contributed by atoms with Crippen LogP contribution in [-0.2, 0) is 0 Å². The van der Waals surface area contributed by atoms with Crippen molar-refractivity contribution in [2.24, 2.45) is 0 Å². The Morgan fingerprint density at radius 3 is 2.22 bits per heavy atom. The summed E-state index contributed by atoms with van der Waals surface area (Å²) in [6, 6.07) is 2.90. The molecule has 2 aliphatic heterocycles. The number of benzene rings is 1. The van der Waals surface area contributed by atoms with E-state index in [1.165, 1.54) is 12.1 Å². The van der Waals surface area contributed by atoms with Gasteiger partial charge in [0.15, 0.2) is 17.4 Å². The zero-order chi connectivity index (χ0) is 19.6. The summed E-state index contributed by atoms with van der Waals surface area (Å²) in [4.78, 5) is 2.30. The number of hydrogen-bond acceptors (Lipinski definition) is 4. The van der Waals surface area contributed by atoms with E-state index in [-0.39, 0.29) is 24.4 Å². The molecule has 0 radical (unpaired) electrons. The Labute approximate surface area is 161 Å². The van der Waals surface area contributed by atoms with Crippen molar-refractivity contribution in [3.63, 3.8) is 0 Å². The van der Waals surface area contributed by atoms with Crippen molar-refractivity contribution in [2.45, 2.75) is 58.0 Å². The Morgan fingerprint density at radius 1 is 1.07 bits per heavy atom. The van der Waals surface area contributed by atoms with Gasteiger partial charge in [-0.1, -0.05) is 13.8 Å². The van der Waals surface area contributed by atoms with Crippen LogP contribution in [0.2, 0.25) is 0 Å². The molecule has 0 atom stereocenters. The molecule has 2 fully saturated rings. The number of hydrogen-bond donors (Lipinski definition) is 2. The second kappa shape index (κ2) is 11.6. The Kier molecular flexibility index (Phi) is 9.45. The Hall–Kier alpha value is -1.24. The third-order valence-corrected chi connectivity index (χ3v) is 5.28. The van der Waals surface area contributed by atoms with Gasteiger partial charge in [0.25, 0.3) is 0 Å². The highest BCUT2D eigenvalue weighted by molar-refractivity contribution is 5.33. The predicted octanol–water partition coefficient (Wildman–Crippen LogP) is 3.68. The van der Waals surface area contributed by atoms with Crippen LogP contribution in [0.15, 0.2) is 12.1 Å². The number of ether oxygens (including phenoxy) is 1. The zero-order valence-electron chi connectivity index (χ0n) is 16.6. The van der Waals surface area contributed by atoms with Gasteiger partial charge in [-0.2, -0.15) is 0 Å². The van der Waals surface area contributed by atoms with E-state index in [1.807, 2.05) is 13.8 Å². The molecule has 0 aliphatic carbocycles. The van der Waals surface area contributed by atoms with Gasteiger partial charge in [-0.25, -0.2) is 8.78 Å². The second-order valence-corrected chi connectivity index (χ2v) is 7.07. The lowest BCUT2D eigenvalue weighted by Gasteiger charge is -2.32. The summed E-state index contributed by atoms with van der Waals surface area (Å²) in [5.74, 6) is -1.22. The summed E-state index contributed by atoms with van der Waals surface area (Å²) in [6.07, 6.45) is 3.97. The van der Waals surface area contributed by atoms with E-state index in [1.54, 1.807) is 0 Å². The molecule has 0 amide bonds. The smallest absolute Gasteiger partial charge is 0.191 e. The molecule has 0 saturated carbocycles. The van der Waals surface area contributed by atoms with Gasteiger partial charge in [0.1, 0.15) is 6.10 Å². The number of aliphatic hydroxyl groups is 1. The van der Waals surface area contributed by atoms with Crippen LogP contribution in [0.5, 0.6) is 5.75 Å². The van der Waals surface area contributed by atoms with Crippen molar-refractivity contribution in [2.75, 3.05) is 39.3 Å². The summed E-state index contributed by atoms with van der Waals surface area (Å²) >= 11 is 0. The SMILES string of the molecule is CC.OCCCN1CCC(c2cc(F)c(OC3CCNCC3)c(F)c2)CC1. The number of piperidine rings is 2. The molecule has 1 aromatic rings. The zero-order valence-corrected chi connectivity index (χ0v) is 16.6. The van der Waals surface area contributed by atoms with Crippen LogP contribution in [0.1, 0.15) is 57.4 Å². The van der Waals surface area contributed by atoms with Gasteiger partial charge in [-0.05, 0) is 81.9 Å². The predicted molar refractivity (Wildman–Crippen MR) is 104 cm³/mol. The highest BCUT2D eigenvalue weighted by Crippen LogP contribution is 2.33. The number of likely N-dealkylation sites (tertiary alicyclic amines) is 1. The summed E-state index contributed by atoms with van der Waals surface area (Å²) < 4.78 is 34.5. The summed E-state index contributed by atoms with van der Waals surface area (Å²) in [5.41, 5.74) is 0.731. The molecule has 3 rings (SSSR count). The van der Waals surface area contributed by atoms with Crippen LogP contribution in [0.25, 0.3) is 0 Å². The van der Waals surface area contributed by atoms with Crippen LogP contribution in [0, 0.1) is 11.6 Å². The van der Waals surface area contributed by atoms with Crippen molar-refractivity contribution >= 4 is 0 Å². The fourth-order valence-electron chi connectivity index (χ4n) is 3.79. The van der Waals surface area contributed by atoms with Crippen molar-refractivity contribution in [1.29, 1.82) is 0 Å². The first-order chi connectivity index (χ1) is 13.2. The van der Waals surface area contributed by atoms with Gasteiger partial charge >= 0.3 is 0 Å². The van der Waals surface area contributed by atoms with Crippen molar-refractivity contribution in [1.82, 2.24) is 10.2 Å². The van der Waals surface area contributed by atoms with E-state index in [2.05, 4.69) is 10.2 Å². The fraction of sp³-hybridized carbons (Fsp3) is 0.714. The molecule has 0 unspecified atom stereocenters. The molecule has 1 aromatic carbocycles. The molecule has 0 bridgehead atoms. The second-order valence-electron chi connectivity index (χ2n) is 7.07. The summed E-state index contributed by atoms with van der Waals surface area (Å²) in [5, 5.41) is 12.1. The van der Waals surface area contributed by atoms with E-state index >= 15 is 0 Å². The average molecular weight is 385 g/mol. The molecular formula is C21H34F2N2O2. The van der Waals surface area contributed by atoms with E-state index < -0.39 is 11.6 Å². The van der Waals surface area contributed by atoms with Gasteiger partial charge in [0, 0.05) is 13.2 Å². The maximum Gasteiger partial charge on any atom is 0.191 e. The first-order valence-electron chi connectivity index (χ1n) is 10.4. The molecule has 2 aliphatic rings. The van der Waals surface area contributed by atoms with Gasteiger partial charge in [-0.15, -0.1) is 0 Å². The maximum absolute atomic E-state index is 14.4. The Morgan fingerprint density at radius 2 is 1.67 bits per heavy atom. The highest BCUT2D eigenvalue weighted by atomic mass is 19.1. The van der Waals surface area contributed by atoms with Gasteiger partial charge in [0.2, 0.25) is 0 Å². The molecule has 0 aromatic heterocycles. The summed E-state index contributed by atoms with van der Waals surface area (Å²) in [6.45, 7) is 8.54. The van der Waals surface area contributed by atoms with E-state index in [0.717, 1.165) is 70.4 Å². The van der Waals surface area contributed by atoms with E-state index in [9.17, 15) is 8.78 Å². The minimum atomic E-state index is -0.587. The van der Waals surface area contributed by atoms with Crippen molar-refractivity contribution in [3.05, 3.63) is 29.3 Å². The van der Waals surface area contributed by atoms with Gasteiger partial charge in [0.05, 0.1) is 0 Å². The third kappa shape index (κ3) is 6.40. The number of nitrogens with zero attached hydrogens (tertiary/aromatic N) is 1. The molecule has 0 spiro atoms. The quantitative estimate of drug-likeness (QED) is 0.785. The lowest BCUT2D eigenvalue weighted by molar-refractivity contribution is 0.148. The minimum Gasteiger partial charge on any atom is -0.484 e. The number of halogens is 2. The van der Waals surface area contributed by atoms with Crippen LogP contribution >= 0.6 is 0 Å². The topological polar surface area (TPSA) is 44.7 Å². The van der Waals surface area contributed by atoms with Crippen LogP contribution in [0.4, 0.5) is 8.78 Å². The minimum absolute atomic E-state index is 0.120. The number of nitrogens with one attached hydrogen (secondary N) is 1. The lowest BCUT2D eigenvalue weighted by atomic mass is 9.89. The first-order valence-corrected chi connectivity index (χ1v) is 10.4.